The fourth-order valence-corrected chi connectivity index (χ4v) is 1.07. The van der Waals surface area contributed by atoms with E-state index in [-0.39, 0.29) is 12.2 Å². The molecule has 1 atom stereocenters. The van der Waals surface area contributed by atoms with Crippen LogP contribution < -0.4 is 0 Å². The van der Waals surface area contributed by atoms with Crippen LogP contribution >= 0.6 is 0 Å². The van der Waals surface area contributed by atoms with Crippen LogP contribution in [0.1, 0.15) is 6.42 Å². The summed E-state index contributed by atoms with van der Waals surface area (Å²) >= 11 is 0. The van der Waals surface area contributed by atoms with Gasteiger partial charge in [0, 0.05) is 4.92 Å². The molecule has 4 heteroatoms. The lowest BCUT2D eigenvalue weighted by molar-refractivity contribution is -0.540. The molecule has 1 N–H and O–H groups in total. The SMILES string of the molecule is C=CC1([N+](=O)[O-])C=CC=C(O)C1. The van der Waals surface area contributed by atoms with Crippen LogP contribution in [-0.2, 0) is 0 Å². The number of hydrogen-bond donors (Lipinski definition) is 1. The largest absolute Gasteiger partial charge is 0.512 e. The third-order valence-corrected chi connectivity index (χ3v) is 1.83. The molecule has 0 radical (unpaired) electrons. The maximum atomic E-state index is 10.6. The zero-order chi connectivity index (χ0) is 9.19. The second kappa shape index (κ2) is 2.81. The van der Waals surface area contributed by atoms with E-state index < -0.39 is 10.5 Å². The zero-order valence-corrected chi connectivity index (χ0v) is 6.43. The van der Waals surface area contributed by atoms with Crippen molar-refractivity contribution in [1.82, 2.24) is 0 Å². The highest BCUT2D eigenvalue weighted by Gasteiger charge is 2.38. The number of aliphatic hydroxyl groups excluding tert-OH is 1. The van der Waals surface area contributed by atoms with Gasteiger partial charge >= 0.3 is 0 Å². The Morgan fingerprint density at radius 1 is 1.83 bits per heavy atom. The molecule has 0 bridgehead atoms. The van der Waals surface area contributed by atoms with Crippen molar-refractivity contribution in [2.24, 2.45) is 0 Å². The first-order valence-electron chi connectivity index (χ1n) is 3.46. The molecule has 1 aliphatic carbocycles. The van der Waals surface area contributed by atoms with Crippen molar-refractivity contribution in [3.8, 4) is 0 Å². The summed E-state index contributed by atoms with van der Waals surface area (Å²) in [6, 6.07) is 0. The van der Waals surface area contributed by atoms with Gasteiger partial charge in [-0.3, -0.25) is 10.1 Å². The Kier molecular flexibility index (Phi) is 1.99. The number of allylic oxidation sites excluding steroid dienone is 2. The highest BCUT2D eigenvalue weighted by Crippen LogP contribution is 2.25. The van der Waals surface area contributed by atoms with Crippen molar-refractivity contribution >= 4 is 0 Å². The predicted octanol–water partition coefficient (Wildman–Crippen LogP) is 1.59. The summed E-state index contributed by atoms with van der Waals surface area (Å²) in [5.41, 5.74) is -1.32. The van der Waals surface area contributed by atoms with Gasteiger partial charge in [0.2, 0.25) is 0 Å². The van der Waals surface area contributed by atoms with E-state index >= 15 is 0 Å². The van der Waals surface area contributed by atoms with Crippen molar-refractivity contribution in [2.75, 3.05) is 0 Å². The second-order valence-corrected chi connectivity index (χ2v) is 2.65. The smallest absolute Gasteiger partial charge is 0.265 e. The van der Waals surface area contributed by atoms with E-state index in [2.05, 4.69) is 6.58 Å². The summed E-state index contributed by atoms with van der Waals surface area (Å²) in [6.45, 7) is 3.38. The van der Waals surface area contributed by atoms with Crippen molar-refractivity contribution in [2.45, 2.75) is 12.0 Å². The molecule has 0 saturated heterocycles. The van der Waals surface area contributed by atoms with Gasteiger partial charge in [0.25, 0.3) is 5.54 Å². The minimum atomic E-state index is -1.32. The Hall–Kier alpha value is -1.58. The maximum absolute atomic E-state index is 10.6. The number of hydrogen-bond acceptors (Lipinski definition) is 3. The molecule has 0 spiro atoms. The molecule has 0 aromatic rings. The Labute approximate surface area is 69.7 Å². The Morgan fingerprint density at radius 2 is 2.50 bits per heavy atom. The molecule has 12 heavy (non-hydrogen) atoms. The van der Waals surface area contributed by atoms with Crippen LogP contribution in [0, 0.1) is 10.1 Å². The molecule has 0 aromatic heterocycles. The van der Waals surface area contributed by atoms with Crippen molar-refractivity contribution < 1.29 is 10.0 Å². The summed E-state index contributed by atoms with van der Waals surface area (Å²) < 4.78 is 0. The van der Waals surface area contributed by atoms with Crippen LogP contribution in [0.5, 0.6) is 0 Å². The minimum absolute atomic E-state index is 0.00843. The molecule has 0 aliphatic heterocycles. The molecule has 0 fully saturated rings. The third-order valence-electron chi connectivity index (χ3n) is 1.83. The topological polar surface area (TPSA) is 63.4 Å². The fraction of sp³-hybridized carbons (Fsp3) is 0.250. The first-order valence-corrected chi connectivity index (χ1v) is 3.46. The molecule has 0 saturated carbocycles. The molecule has 4 nitrogen and oxygen atoms in total. The summed E-state index contributed by atoms with van der Waals surface area (Å²) in [7, 11) is 0. The van der Waals surface area contributed by atoms with E-state index in [1.165, 1.54) is 24.3 Å². The van der Waals surface area contributed by atoms with Gasteiger partial charge in [-0.1, -0.05) is 12.7 Å². The summed E-state index contributed by atoms with van der Waals surface area (Å²) in [5.74, 6) is 0.00843. The quantitative estimate of drug-likeness (QED) is 0.386. The van der Waals surface area contributed by atoms with Gasteiger partial charge in [-0.15, -0.1) is 0 Å². The molecule has 1 rings (SSSR count). The predicted molar refractivity (Wildman–Crippen MR) is 44.4 cm³/mol. The average molecular weight is 167 g/mol. The first kappa shape index (κ1) is 8.52. The van der Waals surface area contributed by atoms with Crippen LogP contribution in [0.2, 0.25) is 0 Å². The number of rotatable bonds is 2. The number of nitro groups is 1. The fourth-order valence-electron chi connectivity index (χ4n) is 1.07. The summed E-state index contributed by atoms with van der Waals surface area (Å²) in [6.07, 6.45) is 5.53. The number of aliphatic hydroxyl groups is 1. The lowest BCUT2D eigenvalue weighted by atomic mass is 9.91. The molecular formula is C8H9NO3. The molecule has 0 heterocycles. The lowest BCUT2D eigenvalue weighted by Crippen LogP contribution is -2.35. The Morgan fingerprint density at radius 3 is 2.83 bits per heavy atom. The van der Waals surface area contributed by atoms with Crippen molar-refractivity contribution in [3.63, 3.8) is 0 Å². The van der Waals surface area contributed by atoms with Gasteiger partial charge in [0.05, 0.1) is 6.42 Å². The zero-order valence-electron chi connectivity index (χ0n) is 6.43. The van der Waals surface area contributed by atoms with E-state index in [0.29, 0.717) is 0 Å². The lowest BCUT2D eigenvalue weighted by Gasteiger charge is -2.19. The molecule has 0 amide bonds. The number of nitrogens with zero attached hydrogens (tertiary/aromatic N) is 1. The van der Waals surface area contributed by atoms with Crippen molar-refractivity contribution in [1.29, 1.82) is 0 Å². The maximum Gasteiger partial charge on any atom is 0.265 e. The monoisotopic (exact) mass is 167 g/mol. The van der Waals surface area contributed by atoms with Gasteiger partial charge < -0.3 is 5.11 Å². The highest BCUT2D eigenvalue weighted by atomic mass is 16.6. The van der Waals surface area contributed by atoms with E-state index in [1.54, 1.807) is 0 Å². The Balaban J connectivity index is 3.00. The summed E-state index contributed by atoms with van der Waals surface area (Å²) in [4.78, 5) is 10.1. The second-order valence-electron chi connectivity index (χ2n) is 2.65. The normalized spacial score (nSPS) is 27.8. The first-order chi connectivity index (χ1) is 5.60. The van der Waals surface area contributed by atoms with E-state index in [4.69, 9.17) is 5.11 Å². The average Bonchev–Trinajstić information content (AvgIpc) is 2.04. The minimum Gasteiger partial charge on any atom is -0.512 e. The van der Waals surface area contributed by atoms with Gasteiger partial charge in [-0.2, -0.15) is 0 Å². The van der Waals surface area contributed by atoms with Gasteiger partial charge in [-0.25, -0.2) is 0 Å². The van der Waals surface area contributed by atoms with E-state index in [9.17, 15) is 10.1 Å². The molecule has 64 valence electrons. The Bertz CT molecular complexity index is 280. The van der Waals surface area contributed by atoms with Gasteiger partial charge in [-0.05, 0) is 18.2 Å². The van der Waals surface area contributed by atoms with Crippen molar-refractivity contribution in [3.05, 3.63) is 46.8 Å². The molecule has 0 aromatic carbocycles. The van der Waals surface area contributed by atoms with E-state index in [1.807, 2.05) is 0 Å². The van der Waals surface area contributed by atoms with Crippen LogP contribution in [0.4, 0.5) is 0 Å². The standard InChI is InChI=1S/C8H9NO3/c1-2-8(9(11)12)5-3-4-7(10)6-8/h2-5,10H,1,6H2. The van der Waals surface area contributed by atoms with Crippen LogP contribution in [0.3, 0.4) is 0 Å². The van der Waals surface area contributed by atoms with Crippen LogP contribution in [-0.4, -0.2) is 15.6 Å². The summed E-state index contributed by atoms with van der Waals surface area (Å²) in [5, 5.41) is 19.7. The molecule has 1 unspecified atom stereocenters. The van der Waals surface area contributed by atoms with Crippen LogP contribution in [0.25, 0.3) is 0 Å². The van der Waals surface area contributed by atoms with Crippen LogP contribution in [0.15, 0.2) is 36.6 Å². The van der Waals surface area contributed by atoms with Gasteiger partial charge in [0.1, 0.15) is 5.76 Å². The molecule has 1 aliphatic rings. The molecular weight excluding hydrogens is 158 g/mol. The highest BCUT2D eigenvalue weighted by molar-refractivity contribution is 5.26. The van der Waals surface area contributed by atoms with Gasteiger partial charge in [0.15, 0.2) is 0 Å². The van der Waals surface area contributed by atoms with E-state index in [0.717, 1.165) is 0 Å². The third kappa shape index (κ3) is 1.23.